The number of aromatic nitrogens is 3. The first-order valence-electron chi connectivity index (χ1n) is 20.3. The zero-order valence-electron chi connectivity index (χ0n) is 33.2. The summed E-state index contributed by atoms with van der Waals surface area (Å²) in [5.41, 5.74) is 13.7. The molecule has 0 aliphatic heterocycles. The zero-order valence-corrected chi connectivity index (χ0v) is 34.9. The largest absolute Gasteiger partial charge is 0.248 e. The van der Waals surface area contributed by atoms with E-state index in [0.29, 0.717) is 0 Å². The Labute approximate surface area is 367 Å². The number of nitrogens with zero attached hydrogens (tertiary/aromatic N) is 3. The van der Waals surface area contributed by atoms with Crippen molar-refractivity contribution in [1.82, 2.24) is 15.0 Å². The van der Waals surface area contributed by atoms with Crippen molar-refractivity contribution in [2.75, 3.05) is 0 Å². The summed E-state index contributed by atoms with van der Waals surface area (Å²) in [6, 6.07) is 82.1. The fraction of sp³-hybridized carbons (Fsp3) is 0. The van der Waals surface area contributed by atoms with Gasteiger partial charge in [0.1, 0.15) is 0 Å². The molecule has 0 aliphatic carbocycles. The van der Waals surface area contributed by atoms with Crippen molar-refractivity contribution in [2.24, 2.45) is 0 Å². The molecule has 0 aliphatic rings. The third-order valence-electron chi connectivity index (χ3n) is 10.9. The topological polar surface area (TPSA) is 38.7 Å². The van der Waals surface area contributed by atoms with Gasteiger partial charge in [0.05, 0.1) is 33.1 Å². The van der Waals surface area contributed by atoms with E-state index in [0.717, 1.165) is 33.1 Å². The van der Waals surface area contributed by atoms with Crippen molar-refractivity contribution in [3.05, 3.63) is 237 Å². The van der Waals surface area contributed by atoms with Crippen LogP contribution in [0.15, 0.2) is 237 Å². The monoisotopic (exact) mass is 867 g/mol. The fourth-order valence-electron chi connectivity index (χ4n) is 7.77. The van der Waals surface area contributed by atoms with Crippen LogP contribution in [0.25, 0.3) is 98.8 Å². The van der Waals surface area contributed by atoms with Crippen molar-refractivity contribution >= 4 is 65.4 Å². The van der Waals surface area contributed by atoms with Gasteiger partial charge >= 0.3 is 0 Å². The summed E-state index contributed by atoms with van der Waals surface area (Å²) in [6.07, 6.45) is 0. The maximum atomic E-state index is 4.71. The van der Waals surface area contributed by atoms with E-state index in [1.165, 1.54) is 65.7 Å². The van der Waals surface area contributed by atoms with E-state index >= 15 is 0 Å². The molecule has 0 fully saturated rings. The second-order valence-electron chi connectivity index (χ2n) is 14.9. The molecule has 0 bridgehead atoms. The van der Waals surface area contributed by atoms with Gasteiger partial charge in [-0.1, -0.05) is 164 Å². The van der Waals surface area contributed by atoms with E-state index < -0.39 is 0 Å². The van der Waals surface area contributed by atoms with Gasteiger partial charge in [0, 0.05) is 51.8 Å². The van der Waals surface area contributed by atoms with Crippen LogP contribution in [0.4, 0.5) is 0 Å². The van der Waals surface area contributed by atoms with Gasteiger partial charge in [0.15, 0.2) is 0 Å². The van der Waals surface area contributed by atoms with Gasteiger partial charge in [-0.15, -0.1) is 0 Å². The zero-order chi connectivity index (χ0) is 40.1. The average molecular weight is 867 g/mol. The van der Waals surface area contributed by atoms with Crippen LogP contribution in [0.5, 0.6) is 0 Å². The quantitative estimate of drug-likeness (QED) is 0.131. The number of pyridine rings is 3. The normalized spacial score (nSPS) is 10.8. The first-order valence-corrected chi connectivity index (χ1v) is 20.3. The second-order valence-corrected chi connectivity index (χ2v) is 14.9. The number of benzene rings is 9. The van der Waals surface area contributed by atoms with Crippen molar-refractivity contribution in [2.45, 2.75) is 0 Å². The van der Waals surface area contributed by atoms with Crippen molar-refractivity contribution in [3.63, 3.8) is 0 Å². The second kappa shape index (κ2) is 17.8. The van der Waals surface area contributed by atoms with Gasteiger partial charge in [-0.3, -0.25) is 0 Å². The van der Waals surface area contributed by atoms with Gasteiger partial charge in [-0.25, -0.2) is 15.0 Å². The Balaban J connectivity index is 0.000000116. The van der Waals surface area contributed by atoms with Crippen LogP contribution in [-0.4, -0.2) is 15.0 Å². The first-order chi connectivity index (χ1) is 29.7. The molecular formula is C57H39N3Ru. The summed E-state index contributed by atoms with van der Waals surface area (Å²) < 4.78 is 0. The molecular weight excluding hydrogens is 828 g/mol. The molecule has 0 amide bonds. The Morgan fingerprint density at radius 3 is 0.721 bits per heavy atom. The minimum absolute atomic E-state index is 0. The van der Waals surface area contributed by atoms with E-state index in [2.05, 4.69) is 200 Å². The molecule has 0 radical (unpaired) electrons. The molecule has 3 nitrogen and oxygen atoms in total. The fourth-order valence-corrected chi connectivity index (χ4v) is 7.77. The van der Waals surface area contributed by atoms with Crippen LogP contribution in [0, 0.1) is 0 Å². The van der Waals surface area contributed by atoms with Crippen LogP contribution in [0.2, 0.25) is 0 Å². The Morgan fingerprint density at radius 1 is 0.180 bits per heavy atom. The van der Waals surface area contributed by atoms with Gasteiger partial charge in [-0.05, 0) is 106 Å². The summed E-state index contributed by atoms with van der Waals surface area (Å²) in [6.45, 7) is 0. The van der Waals surface area contributed by atoms with E-state index in [9.17, 15) is 0 Å². The number of para-hydroxylation sites is 3. The Kier molecular flexibility index (Phi) is 11.4. The van der Waals surface area contributed by atoms with Crippen molar-refractivity contribution in [1.29, 1.82) is 0 Å². The molecule has 9 aromatic carbocycles. The minimum Gasteiger partial charge on any atom is -0.248 e. The molecule has 290 valence electrons. The summed E-state index contributed by atoms with van der Waals surface area (Å²) >= 11 is 0. The van der Waals surface area contributed by atoms with E-state index in [1.807, 2.05) is 36.4 Å². The van der Waals surface area contributed by atoms with Crippen LogP contribution in [-0.2, 0) is 19.5 Å². The standard InChI is InChI=1S/3C19H13N.Ru/c3*1-2-6-14(7-3-1)15-10-11-19-17(12-15)13-16-8-4-5-9-18(16)20-19;/h3*1-13H;. The van der Waals surface area contributed by atoms with Crippen LogP contribution >= 0.6 is 0 Å². The summed E-state index contributed by atoms with van der Waals surface area (Å²) in [4.78, 5) is 14.1. The van der Waals surface area contributed by atoms with Crippen LogP contribution in [0.1, 0.15) is 0 Å². The molecule has 61 heavy (non-hydrogen) atoms. The Bertz CT molecular complexity index is 3060. The minimum atomic E-state index is 0. The van der Waals surface area contributed by atoms with Gasteiger partial charge in [0.25, 0.3) is 0 Å². The molecule has 12 rings (SSSR count). The predicted octanol–water partition coefficient (Wildman–Crippen LogP) is 15.2. The number of fused-ring (bicyclic) bond motifs is 6. The first kappa shape index (κ1) is 39.1. The van der Waals surface area contributed by atoms with E-state index in [4.69, 9.17) is 15.0 Å². The molecule has 0 spiro atoms. The molecule has 0 saturated heterocycles. The Hall–Kier alpha value is -7.39. The molecule has 12 aromatic rings. The average Bonchev–Trinajstić information content (AvgIpc) is 3.32. The van der Waals surface area contributed by atoms with Gasteiger partial charge in [-0.2, -0.15) is 0 Å². The summed E-state index contributed by atoms with van der Waals surface area (Å²) in [5, 5.41) is 7.11. The van der Waals surface area contributed by atoms with Gasteiger partial charge in [0.2, 0.25) is 0 Å². The smallest absolute Gasteiger partial charge is 0.0710 e. The molecule has 0 atom stereocenters. The molecule has 0 N–H and O–H groups in total. The molecule has 3 heterocycles. The molecule has 0 saturated carbocycles. The van der Waals surface area contributed by atoms with Gasteiger partial charge < -0.3 is 0 Å². The SMILES string of the molecule is [Ru].c1ccc(-c2ccc3nc4ccccc4cc3c2)cc1.c1ccc(-c2ccc3nc4ccccc4cc3c2)cc1.c1ccc(-c2ccc3nc4ccccc4cc3c2)cc1. The number of rotatable bonds is 3. The number of hydrogen-bond acceptors (Lipinski definition) is 3. The van der Waals surface area contributed by atoms with Crippen LogP contribution < -0.4 is 0 Å². The Morgan fingerprint density at radius 2 is 0.426 bits per heavy atom. The van der Waals surface area contributed by atoms with E-state index in [1.54, 1.807) is 0 Å². The van der Waals surface area contributed by atoms with Crippen molar-refractivity contribution < 1.29 is 19.5 Å². The third kappa shape index (κ3) is 8.68. The number of hydrogen-bond donors (Lipinski definition) is 0. The predicted molar refractivity (Wildman–Crippen MR) is 254 cm³/mol. The van der Waals surface area contributed by atoms with Crippen molar-refractivity contribution in [3.8, 4) is 33.4 Å². The van der Waals surface area contributed by atoms with E-state index in [-0.39, 0.29) is 19.5 Å². The van der Waals surface area contributed by atoms with Crippen LogP contribution in [0.3, 0.4) is 0 Å². The summed E-state index contributed by atoms with van der Waals surface area (Å²) in [7, 11) is 0. The molecule has 0 unspecified atom stereocenters. The summed E-state index contributed by atoms with van der Waals surface area (Å²) in [5.74, 6) is 0. The maximum absolute atomic E-state index is 4.71. The third-order valence-corrected chi connectivity index (χ3v) is 10.9. The molecule has 4 heteroatoms. The maximum Gasteiger partial charge on any atom is 0.0710 e. The molecule has 3 aromatic heterocycles.